The standard InChI is InChI=1S/C21H27N3O2S/c1-16(23-21(26)19-10-7-13-27-19)20(25)22-14-17-8-3-4-9-18(17)15-24-11-5-2-6-12-24/h3-4,7-10,13,16H,2,5-6,11-12,14-15H2,1H3,(H,22,25)(H,23,26). The minimum Gasteiger partial charge on any atom is -0.350 e. The van der Waals surface area contributed by atoms with Crippen LogP contribution in [0.25, 0.3) is 0 Å². The molecule has 0 spiro atoms. The van der Waals surface area contributed by atoms with Gasteiger partial charge in [0.2, 0.25) is 5.91 Å². The Kier molecular flexibility index (Phi) is 7.01. The molecular formula is C21H27N3O2S. The molecule has 3 rings (SSSR count). The van der Waals surface area contributed by atoms with E-state index in [2.05, 4.69) is 33.7 Å². The Hall–Kier alpha value is -2.18. The second-order valence-electron chi connectivity index (χ2n) is 7.00. The van der Waals surface area contributed by atoms with E-state index >= 15 is 0 Å². The van der Waals surface area contributed by atoms with Crippen LogP contribution in [0, 0.1) is 0 Å². The van der Waals surface area contributed by atoms with Crippen molar-refractivity contribution < 1.29 is 9.59 Å². The summed E-state index contributed by atoms with van der Waals surface area (Å²) < 4.78 is 0. The average molecular weight is 386 g/mol. The van der Waals surface area contributed by atoms with Crippen LogP contribution in [-0.4, -0.2) is 35.8 Å². The highest BCUT2D eigenvalue weighted by atomic mass is 32.1. The van der Waals surface area contributed by atoms with Gasteiger partial charge in [-0.2, -0.15) is 0 Å². The highest BCUT2D eigenvalue weighted by Crippen LogP contribution is 2.16. The molecule has 1 aromatic carbocycles. The minimum atomic E-state index is -0.575. The van der Waals surface area contributed by atoms with Crippen LogP contribution in [0.3, 0.4) is 0 Å². The Balaban J connectivity index is 1.53. The van der Waals surface area contributed by atoms with E-state index in [9.17, 15) is 9.59 Å². The zero-order valence-electron chi connectivity index (χ0n) is 15.7. The molecule has 1 fully saturated rings. The van der Waals surface area contributed by atoms with Crippen molar-refractivity contribution in [3.8, 4) is 0 Å². The summed E-state index contributed by atoms with van der Waals surface area (Å²) >= 11 is 1.36. The summed E-state index contributed by atoms with van der Waals surface area (Å²) in [4.78, 5) is 27.6. The summed E-state index contributed by atoms with van der Waals surface area (Å²) in [5, 5.41) is 7.55. The van der Waals surface area contributed by atoms with Crippen molar-refractivity contribution in [2.75, 3.05) is 13.1 Å². The van der Waals surface area contributed by atoms with Crippen LogP contribution in [0.2, 0.25) is 0 Å². The highest BCUT2D eigenvalue weighted by molar-refractivity contribution is 7.12. The topological polar surface area (TPSA) is 61.4 Å². The van der Waals surface area contributed by atoms with E-state index in [0.29, 0.717) is 11.4 Å². The van der Waals surface area contributed by atoms with E-state index in [-0.39, 0.29) is 11.8 Å². The quantitative estimate of drug-likeness (QED) is 0.770. The van der Waals surface area contributed by atoms with Crippen molar-refractivity contribution in [3.05, 3.63) is 57.8 Å². The lowest BCUT2D eigenvalue weighted by atomic mass is 10.0. The van der Waals surface area contributed by atoms with Gasteiger partial charge in [-0.3, -0.25) is 14.5 Å². The number of amides is 2. The van der Waals surface area contributed by atoms with E-state index in [0.717, 1.165) is 25.2 Å². The van der Waals surface area contributed by atoms with Crippen LogP contribution in [0.4, 0.5) is 0 Å². The smallest absolute Gasteiger partial charge is 0.261 e. The van der Waals surface area contributed by atoms with Gasteiger partial charge in [0.05, 0.1) is 4.88 Å². The Morgan fingerprint density at radius 3 is 2.52 bits per heavy atom. The molecule has 144 valence electrons. The summed E-state index contributed by atoms with van der Waals surface area (Å²) in [6.07, 6.45) is 3.85. The molecule has 1 saturated heterocycles. The second-order valence-corrected chi connectivity index (χ2v) is 7.94. The van der Waals surface area contributed by atoms with Crippen LogP contribution in [0.5, 0.6) is 0 Å². The monoisotopic (exact) mass is 385 g/mol. The summed E-state index contributed by atoms with van der Waals surface area (Å²) in [5.74, 6) is -0.383. The SMILES string of the molecule is CC(NC(=O)c1cccs1)C(=O)NCc1ccccc1CN1CCCCC1. The van der Waals surface area contributed by atoms with Gasteiger partial charge in [0.15, 0.2) is 0 Å². The molecule has 2 amide bonds. The van der Waals surface area contributed by atoms with Crippen molar-refractivity contribution >= 4 is 23.2 Å². The van der Waals surface area contributed by atoms with Gasteiger partial charge in [-0.1, -0.05) is 36.8 Å². The molecule has 0 bridgehead atoms. The van der Waals surface area contributed by atoms with Gasteiger partial charge in [-0.05, 0) is 55.4 Å². The highest BCUT2D eigenvalue weighted by Gasteiger charge is 2.18. The number of carbonyl (C=O) groups excluding carboxylic acids is 2. The third-order valence-corrected chi connectivity index (χ3v) is 5.77. The lowest BCUT2D eigenvalue weighted by Crippen LogP contribution is -2.44. The third-order valence-electron chi connectivity index (χ3n) is 4.90. The fraction of sp³-hybridized carbons (Fsp3) is 0.429. The average Bonchev–Trinajstić information content (AvgIpc) is 3.23. The lowest BCUT2D eigenvalue weighted by molar-refractivity contribution is -0.122. The first-order valence-electron chi connectivity index (χ1n) is 9.54. The number of carbonyl (C=O) groups is 2. The molecule has 0 saturated carbocycles. The number of likely N-dealkylation sites (tertiary alicyclic amines) is 1. The maximum Gasteiger partial charge on any atom is 0.261 e. The van der Waals surface area contributed by atoms with Crippen molar-refractivity contribution in [2.24, 2.45) is 0 Å². The zero-order chi connectivity index (χ0) is 19.1. The number of thiophene rings is 1. The fourth-order valence-electron chi connectivity index (χ4n) is 3.32. The molecular weight excluding hydrogens is 358 g/mol. The van der Waals surface area contributed by atoms with Crippen LogP contribution in [0.1, 0.15) is 47.0 Å². The van der Waals surface area contributed by atoms with Crippen molar-refractivity contribution in [3.63, 3.8) is 0 Å². The van der Waals surface area contributed by atoms with Gasteiger partial charge < -0.3 is 10.6 Å². The van der Waals surface area contributed by atoms with Crippen LogP contribution in [-0.2, 0) is 17.9 Å². The molecule has 1 aliphatic rings. The maximum absolute atomic E-state index is 12.4. The summed E-state index contributed by atoms with van der Waals surface area (Å²) in [5.41, 5.74) is 2.39. The number of nitrogens with zero attached hydrogens (tertiary/aromatic N) is 1. The minimum absolute atomic E-state index is 0.173. The van der Waals surface area contributed by atoms with Crippen molar-refractivity contribution in [1.82, 2.24) is 15.5 Å². The van der Waals surface area contributed by atoms with Gasteiger partial charge in [0, 0.05) is 13.1 Å². The molecule has 0 aliphatic carbocycles. The van der Waals surface area contributed by atoms with Gasteiger partial charge in [-0.15, -0.1) is 11.3 Å². The molecule has 27 heavy (non-hydrogen) atoms. The van der Waals surface area contributed by atoms with Crippen molar-refractivity contribution in [1.29, 1.82) is 0 Å². The predicted molar refractivity (Wildman–Crippen MR) is 109 cm³/mol. The molecule has 1 aromatic heterocycles. The molecule has 2 heterocycles. The van der Waals surface area contributed by atoms with Crippen LogP contribution >= 0.6 is 11.3 Å². The maximum atomic E-state index is 12.4. The van der Waals surface area contributed by atoms with Crippen LogP contribution in [0.15, 0.2) is 41.8 Å². The Morgan fingerprint density at radius 1 is 1.07 bits per heavy atom. The first-order valence-corrected chi connectivity index (χ1v) is 10.4. The largest absolute Gasteiger partial charge is 0.350 e. The first-order chi connectivity index (χ1) is 13.1. The zero-order valence-corrected chi connectivity index (χ0v) is 16.6. The summed E-state index contributed by atoms with van der Waals surface area (Å²) in [7, 11) is 0. The van der Waals surface area contributed by atoms with E-state index in [1.54, 1.807) is 13.0 Å². The summed E-state index contributed by atoms with van der Waals surface area (Å²) in [6, 6.07) is 11.3. The lowest BCUT2D eigenvalue weighted by Gasteiger charge is -2.27. The molecule has 1 atom stereocenters. The van der Waals surface area contributed by atoms with E-state index in [1.165, 1.54) is 36.2 Å². The number of rotatable bonds is 7. The normalized spacial score (nSPS) is 15.9. The number of hydrogen-bond donors (Lipinski definition) is 2. The molecule has 2 N–H and O–H groups in total. The molecule has 5 nitrogen and oxygen atoms in total. The molecule has 0 radical (unpaired) electrons. The first kappa shape index (κ1) is 19.6. The van der Waals surface area contributed by atoms with Gasteiger partial charge in [0.1, 0.15) is 6.04 Å². The third kappa shape index (κ3) is 5.65. The number of piperidine rings is 1. The van der Waals surface area contributed by atoms with E-state index in [4.69, 9.17) is 0 Å². The Bertz CT molecular complexity index is 755. The van der Waals surface area contributed by atoms with Gasteiger partial charge in [-0.25, -0.2) is 0 Å². The molecule has 1 aliphatic heterocycles. The number of nitrogens with one attached hydrogen (secondary N) is 2. The van der Waals surface area contributed by atoms with Gasteiger partial charge in [0.25, 0.3) is 5.91 Å². The van der Waals surface area contributed by atoms with E-state index < -0.39 is 6.04 Å². The van der Waals surface area contributed by atoms with Crippen molar-refractivity contribution in [2.45, 2.75) is 45.3 Å². The van der Waals surface area contributed by atoms with Gasteiger partial charge >= 0.3 is 0 Å². The molecule has 1 unspecified atom stereocenters. The fourth-order valence-corrected chi connectivity index (χ4v) is 3.95. The number of benzene rings is 1. The van der Waals surface area contributed by atoms with E-state index in [1.807, 2.05) is 17.5 Å². The summed E-state index contributed by atoms with van der Waals surface area (Å²) in [6.45, 7) is 5.40. The number of hydrogen-bond acceptors (Lipinski definition) is 4. The Labute approximate surface area is 164 Å². The van der Waals surface area contributed by atoms with Crippen LogP contribution < -0.4 is 10.6 Å². The molecule has 6 heteroatoms. The predicted octanol–water partition coefficient (Wildman–Crippen LogP) is 3.17. The Morgan fingerprint density at radius 2 is 1.81 bits per heavy atom. The second kappa shape index (κ2) is 9.67. The molecule has 2 aromatic rings.